The fourth-order valence-corrected chi connectivity index (χ4v) is 2.16. The van der Waals surface area contributed by atoms with E-state index in [1.54, 1.807) is 0 Å². The maximum absolute atomic E-state index is 10.4. The lowest BCUT2D eigenvalue weighted by atomic mass is 9.74. The van der Waals surface area contributed by atoms with E-state index >= 15 is 0 Å². The standard InChI is InChI=1S/C13H26O/c1-11-5-7-13(14,8-6-11)10-9-12(2,3)4/h11,14H,5-10H2,1-4H3. The minimum atomic E-state index is -0.334. The average molecular weight is 198 g/mol. The number of aliphatic hydroxyl groups is 1. The molecule has 0 radical (unpaired) electrons. The molecule has 0 bridgehead atoms. The second kappa shape index (κ2) is 4.22. The van der Waals surface area contributed by atoms with Crippen LogP contribution >= 0.6 is 0 Å². The Labute approximate surface area is 88.9 Å². The zero-order valence-electron chi connectivity index (χ0n) is 10.3. The summed E-state index contributed by atoms with van der Waals surface area (Å²) >= 11 is 0. The molecule has 1 saturated carbocycles. The topological polar surface area (TPSA) is 20.2 Å². The van der Waals surface area contributed by atoms with Crippen LogP contribution in [0.4, 0.5) is 0 Å². The second-order valence-corrected chi connectivity index (χ2v) is 6.47. The fraction of sp³-hybridized carbons (Fsp3) is 1.00. The molecular weight excluding hydrogens is 172 g/mol. The SMILES string of the molecule is CC1CCC(O)(CCC(C)(C)C)CC1. The summed E-state index contributed by atoms with van der Waals surface area (Å²) < 4.78 is 0. The van der Waals surface area contributed by atoms with Gasteiger partial charge < -0.3 is 5.11 Å². The summed E-state index contributed by atoms with van der Waals surface area (Å²) in [4.78, 5) is 0. The maximum Gasteiger partial charge on any atom is 0.0648 e. The quantitative estimate of drug-likeness (QED) is 0.716. The molecule has 1 aliphatic carbocycles. The molecule has 0 aromatic carbocycles. The summed E-state index contributed by atoms with van der Waals surface area (Å²) in [6.45, 7) is 9.05. The van der Waals surface area contributed by atoms with Gasteiger partial charge in [0, 0.05) is 0 Å². The van der Waals surface area contributed by atoms with Gasteiger partial charge in [0.1, 0.15) is 0 Å². The molecule has 1 nitrogen and oxygen atoms in total. The molecule has 0 aliphatic heterocycles. The van der Waals surface area contributed by atoms with Crippen molar-refractivity contribution in [2.45, 2.75) is 71.8 Å². The molecule has 1 heteroatoms. The second-order valence-electron chi connectivity index (χ2n) is 6.47. The van der Waals surface area contributed by atoms with Gasteiger partial charge in [-0.25, -0.2) is 0 Å². The van der Waals surface area contributed by atoms with Gasteiger partial charge in [0.05, 0.1) is 5.60 Å². The van der Waals surface area contributed by atoms with Gasteiger partial charge >= 0.3 is 0 Å². The largest absolute Gasteiger partial charge is 0.390 e. The van der Waals surface area contributed by atoms with Crippen molar-refractivity contribution in [3.63, 3.8) is 0 Å². The molecule has 0 saturated heterocycles. The van der Waals surface area contributed by atoms with Crippen molar-refractivity contribution in [2.75, 3.05) is 0 Å². The van der Waals surface area contributed by atoms with Crippen molar-refractivity contribution >= 4 is 0 Å². The third-order valence-corrected chi connectivity index (χ3v) is 3.55. The Morgan fingerprint density at radius 3 is 2.14 bits per heavy atom. The fourth-order valence-electron chi connectivity index (χ4n) is 2.16. The van der Waals surface area contributed by atoms with E-state index in [1.807, 2.05) is 0 Å². The van der Waals surface area contributed by atoms with Crippen LogP contribution in [0.15, 0.2) is 0 Å². The number of rotatable bonds is 2. The molecule has 1 aliphatic rings. The van der Waals surface area contributed by atoms with Crippen molar-refractivity contribution in [3.05, 3.63) is 0 Å². The summed E-state index contributed by atoms with van der Waals surface area (Å²) in [7, 11) is 0. The van der Waals surface area contributed by atoms with Gasteiger partial charge in [-0.1, -0.05) is 27.7 Å². The van der Waals surface area contributed by atoms with Crippen molar-refractivity contribution in [1.82, 2.24) is 0 Å². The van der Waals surface area contributed by atoms with E-state index < -0.39 is 0 Å². The van der Waals surface area contributed by atoms with E-state index in [9.17, 15) is 5.11 Å². The van der Waals surface area contributed by atoms with Gasteiger partial charge in [0.2, 0.25) is 0 Å². The first kappa shape index (κ1) is 12.0. The van der Waals surface area contributed by atoms with Crippen molar-refractivity contribution in [3.8, 4) is 0 Å². The lowest BCUT2D eigenvalue weighted by Crippen LogP contribution is -2.34. The van der Waals surface area contributed by atoms with E-state index in [2.05, 4.69) is 27.7 Å². The summed E-state index contributed by atoms with van der Waals surface area (Å²) in [5, 5.41) is 10.4. The van der Waals surface area contributed by atoms with Crippen LogP contribution in [0.3, 0.4) is 0 Å². The first-order valence-corrected chi connectivity index (χ1v) is 6.03. The Hall–Kier alpha value is -0.0400. The van der Waals surface area contributed by atoms with Gasteiger partial charge in [-0.3, -0.25) is 0 Å². The Morgan fingerprint density at radius 2 is 1.71 bits per heavy atom. The highest BCUT2D eigenvalue weighted by atomic mass is 16.3. The zero-order valence-corrected chi connectivity index (χ0v) is 10.3. The van der Waals surface area contributed by atoms with Crippen LogP contribution in [0.5, 0.6) is 0 Å². The van der Waals surface area contributed by atoms with Crippen molar-refractivity contribution < 1.29 is 5.11 Å². The van der Waals surface area contributed by atoms with Crippen molar-refractivity contribution in [1.29, 1.82) is 0 Å². The maximum atomic E-state index is 10.4. The van der Waals surface area contributed by atoms with Crippen LogP contribution in [-0.2, 0) is 0 Å². The van der Waals surface area contributed by atoms with Crippen molar-refractivity contribution in [2.24, 2.45) is 11.3 Å². The van der Waals surface area contributed by atoms with Gasteiger partial charge in [-0.05, 0) is 49.9 Å². The minimum absolute atomic E-state index is 0.334. The third-order valence-electron chi connectivity index (χ3n) is 3.55. The van der Waals surface area contributed by atoms with Crippen LogP contribution in [0.25, 0.3) is 0 Å². The highest BCUT2D eigenvalue weighted by molar-refractivity contribution is 4.85. The highest BCUT2D eigenvalue weighted by Gasteiger charge is 2.32. The normalized spacial score (nSPS) is 34.5. The number of hydrogen-bond acceptors (Lipinski definition) is 1. The Kier molecular flexibility index (Phi) is 3.63. The predicted octanol–water partition coefficient (Wildman–Crippen LogP) is 3.75. The van der Waals surface area contributed by atoms with E-state index in [-0.39, 0.29) is 5.60 Å². The van der Waals surface area contributed by atoms with Gasteiger partial charge in [0.15, 0.2) is 0 Å². The van der Waals surface area contributed by atoms with Gasteiger partial charge in [0.25, 0.3) is 0 Å². The van der Waals surface area contributed by atoms with Crippen LogP contribution < -0.4 is 0 Å². The minimum Gasteiger partial charge on any atom is -0.390 e. The van der Waals surface area contributed by atoms with Gasteiger partial charge in [-0.2, -0.15) is 0 Å². The Morgan fingerprint density at radius 1 is 1.21 bits per heavy atom. The molecule has 0 amide bonds. The molecule has 0 unspecified atom stereocenters. The summed E-state index contributed by atoms with van der Waals surface area (Å²) in [6, 6.07) is 0. The lowest BCUT2D eigenvalue weighted by molar-refractivity contribution is -0.0223. The van der Waals surface area contributed by atoms with Crippen LogP contribution in [0.1, 0.15) is 66.2 Å². The van der Waals surface area contributed by atoms with E-state index in [0.717, 1.165) is 31.6 Å². The molecule has 0 aromatic rings. The first-order chi connectivity index (χ1) is 6.31. The smallest absolute Gasteiger partial charge is 0.0648 e. The lowest BCUT2D eigenvalue weighted by Gasteiger charge is -2.36. The Balaban J connectivity index is 2.36. The molecule has 84 valence electrons. The molecular formula is C13H26O. The monoisotopic (exact) mass is 198 g/mol. The molecule has 1 rings (SSSR count). The molecule has 1 N–H and O–H groups in total. The first-order valence-electron chi connectivity index (χ1n) is 6.03. The van der Waals surface area contributed by atoms with E-state index in [4.69, 9.17) is 0 Å². The molecule has 0 heterocycles. The third kappa shape index (κ3) is 4.00. The van der Waals surface area contributed by atoms with Crippen LogP contribution in [0.2, 0.25) is 0 Å². The summed E-state index contributed by atoms with van der Waals surface area (Å²) in [5.74, 6) is 0.824. The number of hydrogen-bond donors (Lipinski definition) is 1. The van der Waals surface area contributed by atoms with Crippen LogP contribution in [0, 0.1) is 11.3 Å². The van der Waals surface area contributed by atoms with E-state index in [0.29, 0.717) is 5.41 Å². The van der Waals surface area contributed by atoms with Gasteiger partial charge in [-0.15, -0.1) is 0 Å². The Bertz CT molecular complexity index is 170. The average Bonchev–Trinajstić information content (AvgIpc) is 2.07. The molecule has 1 fully saturated rings. The predicted molar refractivity (Wildman–Crippen MR) is 61.3 cm³/mol. The molecule has 0 aromatic heterocycles. The zero-order chi connectivity index (χ0) is 10.8. The summed E-state index contributed by atoms with van der Waals surface area (Å²) in [6.07, 6.45) is 6.58. The van der Waals surface area contributed by atoms with E-state index in [1.165, 1.54) is 12.8 Å². The van der Waals surface area contributed by atoms with Crippen LogP contribution in [-0.4, -0.2) is 10.7 Å². The molecule has 14 heavy (non-hydrogen) atoms. The summed E-state index contributed by atoms with van der Waals surface area (Å²) in [5.41, 5.74) is 0.0264. The highest BCUT2D eigenvalue weighted by Crippen LogP contribution is 2.37. The molecule has 0 spiro atoms. The molecule has 0 atom stereocenters.